The number of rotatable bonds is 6. The fourth-order valence-electron chi connectivity index (χ4n) is 3.85. The molecule has 0 bridgehead atoms. The highest BCUT2D eigenvalue weighted by Gasteiger charge is 2.32. The van der Waals surface area contributed by atoms with E-state index in [1.165, 1.54) is 0 Å². The summed E-state index contributed by atoms with van der Waals surface area (Å²) in [4.78, 5) is 14.7. The summed E-state index contributed by atoms with van der Waals surface area (Å²) in [6.07, 6.45) is 0.487. The SMILES string of the molecule is COc1ccc(-c2cc(C(=O)N(C)Cc3ccccc3)nn2[C@@H]2CCS(=O)(=O)C2)cc1. The molecule has 0 radical (unpaired) electrons. The van der Waals surface area contributed by atoms with Crippen molar-refractivity contribution in [1.29, 1.82) is 0 Å². The van der Waals surface area contributed by atoms with Gasteiger partial charge in [0.1, 0.15) is 5.75 Å². The van der Waals surface area contributed by atoms with Crippen LogP contribution in [0, 0.1) is 0 Å². The normalized spacial score (nSPS) is 17.4. The molecular weight excluding hydrogens is 414 g/mol. The molecule has 1 amide bonds. The topological polar surface area (TPSA) is 81.5 Å². The van der Waals surface area contributed by atoms with E-state index < -0.39 is 9.84 Å². The maximum absolute atomic E-state index is 13.1. The molecule has 1 aliphatic rings. The Morgan fingerprint density at radius 2 is 1.87 bits per heavy atom. The van der Waals surface area contributed by atoms with Gasteiger partial charge in [-0.2, -0.15) is 5.10 Å². The predicted octanol–water partition coefficient (Wildman–Crippen LogP) is 3.19. The lowest BCUT2D eigenvalue weighted by atomic mass is 10.1. The molecule has 4 rings (SSSR count). The number of ether oxygens (including phenoxy) is 1. The van der Waals surface area contributed by atoms with Gasteiger partial charge in [-0.05, 0) is 42.3 Å². The lowest BCUT2D eigenvalue weighted by Gasteiger charge is -2.16. The maximum Gasteiger partial charge on any atom is 0.274 e. The van der Waals surface area contributed by atoms with Crippen LogP contribution in [0.25, 0.3) is 11.3 Å². The first-order chi connectivity index (χ1) is 14.9. The largest absolute Gasteiger partial charge is 0.497 e. The Balaban J connectivity index is 1.67. The first-order valence-corrected chi connectivity index (χ1v) is 11.9. The second kappa shape index (κ2) is 8.55. The van der Waals surface area contributed by atoms with Crippen molar-refractivity contribution in [2.45, 2.75) is 19.0 Å². The summed E-state index contributed by atoms with van der Waals surface area (Å²) in [5.41, 5.74) is 2.90. The number of benzene rings is 2. The first-order valence-electron chi connectivity index (χ1n) is 10.1. The fraction of sp³-hybridized carbons (Fsp3) is 0.304. The quantitative estimate of drug-likeness (QED) is 0.589. The Bertz CT molecular complexity index is 1170. The van der Waals surface area contributed by atoms with E-state index in [0.717, 1.165) is 22.6 Å². The molecule has 0 saturated carbocycles. The van der Waals surface area contributed by atoms with Crippen LogP contribution in [0.3, 0.4) is 0 Å². The lowest BCUT2D eigenvalue weighted by Crippen LogP contribution is -2.27. The molecule has 1 aromatic heterocycles. The summed E-state index contributed by atoms with van der Waals surface area (Å²) < 4.78 is 31.1. The number of nitrogens with zero attached hydrogens (tertiary/aromatic N) is 3. The Labute approximate surface area is 182 Å². The molecule has 1 fully saturated rings. The summed E-state index contributed by atoms with van der Waals surface area (Å²) in [7, 11) is 0.239. The van der Waals surface area contributed by atoms with Gasteiger partial charge >= 0.3 is 0 Å². The number of hydrogen-bond donors (Lipinski definition) is 0. The average Bonchev–Trinajstić information content (AvgIpc) is 3.37. The lowest BCUT2D eigenvalue weighted by molar-refractivity contribution is 0.0778. The van der Waals surface area contributed by atoms with Crippen LogP contribution in [-0.4, -0.2) is 54.7 Å². The molecule has 0 N–H and O–H groups in total. The highest BCUT2D eigenvalue weighted by molar-refractivity contribution is 7.91. The van der Waals surface area contributed by atoms with Crippen LogP contribution in [0.2, 0.25) is 0 Å². The molecule has 3 aromatic rings. The molecule has 8 heteroatoms. The van der Waals surface area contributed by atoms with E-state index >= 15 is 0 Å². The zero-order chi connectivity index (χ0) is 22.0. The third-order valence-electron chi connectivity index (χ3n) is 5.50. The van der Waals surface area contributed by atoms with Gasteiger partial charge in [-0.1, -0.05) is 30.3 Å². The van der Waals surface area contributed by atoms with E-state index in [1.54, 1.807) is 29.8 Å². The van der Waals surface area contributed by atoms with Gasteiger partial charge in [-0.15, -0.1) is 0 Å². The highest BCUT2D eigenvalue weighted by atomic mass is 32.2. The van der Waals surface area contributed by atoms with Crippen LogP contribution < -0.4 is 4.74 Å². The van der Waals surface area contributed by atoms with Crippen molar-refractivity contribution in [3.8, 4) is 17.0 Å². The van der Waals surface area contributed by atoms with E-state index in [4.69, 9.17) is 4.74 Å². The molecule has 1 aliphatic heterocycles. The van der Waals surface area contributed by atoms with Gasteiger partial charge in [-0.25, -0.2) is 8.42 Å². The molecule has 2 aromatic carbocycles. The number of carbonyl (C=O) groups excluding carboxylic acids is 1. The van der Waals surface area contributed by atoms with Crippen molar-refractivity contribution in [1.82, 2.24) is 14.7 Å². The highest BCUT2D eigenvalue weighted by Crippen LogP contribution is 2.31. The van der Waals surface area contributed by atoms with Crippen LogP contribution in [-0.2, 0) is 16.4 Å². The van der Waals surface area contributed by atoms with Gasteiger partial charge in [0, 0.05) is 19.2 Å². The van der Waals surface area contributed by atoms with E-state index in [-0.39, 0.29) is 23.5 Å². The number of sulfone groups is 1. The minimum atomic E-state index is -3.10. The zero-order valence-electron chi connectivity index (χ0n) is 17.6. The van der Waals surface area contributed by atoms with Crippen molar-refractivity contribution >= 4 is 15.7 Å². The molecule has 7 nitrogen and oxygen atoms in total. The van der Waals surface area contributed by atoms with E-state index in [0.29, 0.717) is 18.7 Å². The van der Waals surface area contributed by atoms with Crippen LogP contribution in [0.5, 0.6) is 5.75 Å². The fourth-order valence-corrected chi connectivity index (χ4v) is 5.54. The smallest absolute Gasteiger partial charge is 0.274 e. The van der Waals surface area contributed by atoms with Crippen molar-refractivity contribution < 1.29 is 17.9 Å². The van der Waals surface area contributed by atoms with E-state index in [2.05, 4.69) is 5.10 Å². The number of amides is 1. The second-order valence-corrected chi connectivity index (χ2v) is 10.0. The molecule has 2 heterocycles. The molecule has 1 saturated heterocycles. The van der Waals surface area contributed by atoms with Crippen LogP contribution >= 0.6 is 0 Å². The average molecular weight is 440 g/mol. The van der Waals surface area contributed by atoms with Gasteiger partial charge in [0.25, 0.3) is 5.91 Å². The van der Waals surface area contributed by atoms with Crippen molar-refractivity contribution in [3.05, 3.63) is 71.9 Å². The van der Waals surface area contributed by atoms with E-state index in [9.17, 15) is 13.2 Å². The zero-order valence-corrected chi connectivity index (χ0v) is 18.4. The Morgan fingerprint density at radius 3 is 2.48 bits per heavy atom. The number of aromatic nitrogens is 2. The van der Waals surface area contributed by atoms with Gasteiger partial charge in [0.2, 0.25) is 0 Å². The first kappa shape index (κ1) is 21.1. The summed E-state index contributed by atoms with van der Waals surface area (Å²) in [5, 5.41) is 4.57. The molecule has 0 aliphatic carbocycles. The van der Waals surface area contributed by atoms with Gasteiger partial charge < -0.3 is 9.64 Å². The van der Waals surface area contributed by atoms with Gasteiger partial charge in [0.15, 0.2) is 15.5 Å². The van der Waals surface area contributed by atoms with Gasteiger partial charge in [-0.3, -0.25) is 9.48 Å². The summed E-state index contributed by atoms with van der Waals surface area (Å²) in [6, 6.07) is 18.6. The standard InChI is InChI=1S/C23H25N3O4S/c1-25(15-17-6-4-3-5-7-17)23(27)21-14-22(18-8-10-20(30-2)11-9-18)26(24-21)19-12-13-31(28,29)16-19/h3-11,14,19H,12-13,15-16H2,1-2H3/t19-/m1/s1. The number of carbonyl (C=O) groups is 1. The third-order valence-corrected chi connectivity index (χ3v) is 7.25. The molecule has 0 spiro atoms. The molecule has 162 valence electrons. The second-order valence-electron chi connectivity index (χ2n) is 7.79. The summed E-state index contributed by atoms with van der Waals surface area (Å²) >= 11 is 0. The number of methoxy groups -OCH3 is 1. The molecule has 0 unspecified atom stereocenters. The number of hydrogen-bond acceptors (Lipinski definition) is 5. The van der Waals surface area contributed by atoms with Gasteiger partial charge in [0.05, 0.1) is 30.4 Å². The minimum absolute atomic E-state index is 0.0331. The van der Waals surface area contributed by atoms with Crippen LogP contribution in [0.1, 0.15) is 28.5 Å². The maximum atomic E-state index is 13.1. The van der Waals surface area contributed by atoms with Crippen LogP contribution in [0.15, 0.2) is 60.7 Å². The molecule has 31 heavy (non-hydrogen) atoms. The molecule has 1 atom stereocenters. The van der Waals surface area contributed by atoms with Crippen molar-refractivity contribution in [2.24, 2.45) is 0 Å². The summed E-state index contributed by atoms with van der Waals surface area (Å²) in [6.45, 7) is 0.461. The molecular formula is C23H25N3O4S. The Hall–Kier alpha value is -3.13. The Kier molecular flexibility index (Phi) is 5.82. The summed E-state index contributed by atoms with van der Waals surface area (Å²) in [5.74, 6) is 0.678. The predicted molar refractivity (Wildman–Crippen MR) is 119 cm³/mol. The minimum Gasteiger partial charge on any atom is -0.497 e. The van der Waals surface area contributed by atoms with Crippen molar-refractivity contribution in [2.75, 3.05) is 25.7 Å². The van der Waals surface area contributed by atoms with Crippen molar-refractivity contribution in [3.63, 3.8) is 0 Å². The third kappa shape index (κ3) is 4.64. The monoisotopic (exact) mass is 439 g/mol. The van der Waals surface area contributed by atoms with E-state index in [1.807, 2.05) is 54.6 Å². The van der Waals surface area contributed by atoms with Crippen LogP contribution in [0.4, 0.5) is 0 Å². The Morgan fingerprint density at radius 1 is 1.16 bits per heavy atom.